The molecule has 8 nitrogen and oxygen atoms in total. The number of benzene rings is 1. The van der Waals surface area contributed by atoms with E-state index < -0.39 is 0 Å². The van der Waals surface area contributed by atoms with E-state index in [9.17, 15) is 0 Å². The van der Waals surface area contributed by atoms with E-state index in [0.717, 1.165) is 29.5 Å². The highest BCUT2D eigenvalue weighted by molar-refractivity contribution is 14.0. The number of aromatic nitrogens is 4. The Morgan fingerprint density at radius 2 is 1.96 bits per heavy atom. The van der Waals surface area contributed by atoms with Gasteiger partial charge in [0, 0.05) is 19.2 Å². The van der Waals surface area contributed by atoms with Gasteiger partial charge in [-0.2, -0.15) is 0 Å². The molecule has 3 rings (SSSR count). The monoisotopic (exact) mass is 481 g/mol. The zero-order chi connectivity index (χ0) is 18.4. The van der Waals surface area contributed by atoms with Crippen LogP contribution in [0.25, 0.3) is 11.5 Å². The number of hydrogen-bond acceptors (Lipinski definition) is 5. The summed E-state index contributed by atoms with van der Waals surface area (Å²) in [6.07, 6.45) is 1.64. The van der Waals surface area contributed by atoms with Crippen LogP contribution in [0, 0.1) is 6.92 Å². The zero-order valence-corrected chi connectivity index (χ0v) is 18.0. The molecule has 0 spiro atoms. The van der Waals surface area contributed by atoms with Crippen LogP contribution < -0.4 is 10.6 Å². The third-order valence-electron chi connectivity index (χ3n) is 3.91. The summed E-state index contributed by atoms with van der Waals surface area (Å²) in [5.41, 5.74) is 1.72. The van der Waals surface area contributed by atoms with Gasteiger partial charge in [0.25, 0.3) is 0 Å². The van der Waals surface area contributed by atoms with Gasteiger partial charge in [0.1, 0.15) is 17.8 Å². The van der Waals surface area contributed by atoms with Gasteiger partial charge in [-0.05, 0) is 26.0 Å². The van der Waals surface area contributed by atoms with Crippen LogP contribution >= 0.6 is 24.0 Å². The molecule has 0 saturated heterocycles. The van der Waals surface area contributed by atoms with Crippen LogP contribution in [0.4, 0.5) is 0 Å². The minimum absolute atomic E-state index is 0. The van der Waals surface area contributed by atoms with Crippen molar-refractivity contribution in [3.63, 3.8) is 0 Å². The van der Waals surface area contributed by atoms with Gasteiger partial charge in [-0.15, -0.1) is 34.2 Å². The van der Waals surface area contributed by atoms with Crippen molar-refractivity contribution in [3.8, 4) is 11.5 Å². The molecule has 0 aliphatic carbocycles. The summed E-state index contributed by atoms with van der Waals surface area (Å²) < 4.78 is 7.49. The number of nitrogens with zero attached hydrogens (tertiary/aromatic N) is 5. The van der Waals surface area contributed by atoms with Gasteiger partial charge in [0.2, 0.25) is 5.89 Å². The maximum absolute atomic E-state index is 5.55. The normalized spacial score (nSPS) is 11.1. The van der Waals surface area contributed by atoms with Crippen molar-refractivity contribution in [3.05, 3.63) is 53.9 Å². The van der Waals surface area contributed by atoms with Crippen molar-refractivity contribution in [2.45, 2.75) is 26.9 Å². The first-order valence-corrected chi connectivity index (χ1v) is 8.54. The first kappa shape index (κ1) is 20.9. The van der Waals surface area contributed by atoms with Crippen LogP contribution in [-0.4, -0.2) is 32.3 Å². The van der Waals surface area contributed by atoms with Gasteiger partial charge in [-0.3, -0.25) is 0 Å². The Hall–Kier alpha value is -2.43. The Bertz CT molecular complexity index is 873. The smallest absolute Gasteiger partial charge is 0.226 e. The molecule has 0 fully saturated rings. The summed E-state index contributed by atoms with van der Waals surface area (Å²) in [5.74, 6) is 3.02. The minimum atomic E-state index is 0. The van der Waals surface area contributed by atoms with Crippen molar-refractivity contribution in [1.82, 2.24) is 30.4 Å². The molecule has 0 atom stereocenters. The second kappa shape index (κ2) is 10.0. The summed E-state index contributed by atoms with van der Waals surface area (Å²) in [7, 11) is 1.94. The molecule has 0 amide bonds. The highest BCUT2D eigenvalue weighted by atomic mass is 127. The van der Waals surface area contributed by atoms with E-state index in [1.165, 1.54) is 0 Å². The third-order valence-corrected chi connectivity index (χ3v) is 3.91. The van der Waals surface area contributed by atoms with E-state index in [1.54, 1.807) is 6.26 Å². The number of nitrogens with one attached hydrogen (secondary N) is 2. The number of hydrogen-bond donors (Lipinski definition) is 2. The highest BCUT2D eigenvalue weighted by Crippen LogP contribution is 2.18. The standard InChI is InChI=1S/C18H23N7O.HI/c1-4-19-18(21-11-16-24-23-13(2)25(16)3)20-10-15-12-26-17(22-15)14-8-6-5-7-9-14;/h5-9,12H,4,10-11H2,1-3H3,(H2,19,20,21);1H. The molecule has 2 N–H and O–H groups in total. The fourth-order valence-corrected chi connectivity index (χ4v) is 2.36. The summed E-state index contributed by atoms with van der Waals surface area (Å²) in [4.78, 5) is 9.05. The van der Waals surface area contributed by atoms with Crippen LogP contribution in [0.3, 0.4) is 0 Å². The summed E-state index contributed by atoms with van der Waals surface area (Å²) >= 11 is 0. The highest BCUT2D eigenvalue weighted by Gasteiger charge is 2.08. The fourth-order valence-electron chi connectivity index (χ4n) is 2.36. The third kappa shape index (κ3) is 5.52. The first-order valence-electron chi connectivity index (χ1n) is 8.54. The maximum atomic E-state index is 5.55. The van der Waals surface area contributed by atoms with Gasteiger partial charge in [0.05, 0.1) is 13.1 Å². The van der Waals surface area contributed by atoms with Gasteiger partial charge in [-0.1, -0.05) is 18.2 Å². The maximum Gasteiger partial charge on any atom is 0.226 e. The second-order valence-corrected chi connectivity index (χ2v) is 5.78. The van der Waals surface area contributed by atoms with Crippen LogP contribution in [0.15, 0.2) is 46.0 Å². The Labute approximate surface area is 175 Å². The van der Waals surface area contributed by atoms with E-state index in [1.807, 2.05) is 55.8 Å². The first-order chi connectivity index (χ1) is 12.7. The van der Waals surface area contributed by atoms with Crippen molar-refractivity contribution >= 4 is 29.9 Å². The molecule has 9 heteroatoms. The molecule has 0 saturated carbocycles. The average Bonchev–Trinajstić information content (AvgIpc) is 3.26. The van der Waals surface area contributed by atoms with Gasteiger partial charge >= 0.3 is 0 Å². The zero-order valence-electron chi connectivity index (χ0n) is 15.6. The van der Waals surface area contributed by atoms with Crippen LogP contribution in [0.2, 0.25) is 0 Å². The van der Waals surface area contributed by atoms with Gasteiger partial charge in [0.15, 0.2) is 11.8 Å². The molecule has 144 valence electrons. The topological polar surface area (TPSA) is 93.2 Å². The number of rotatable bonds is 6. The molecule has 0 unspecified atom stereocenters. The van der Waals surface area contributed by atoms with E-state index in [4.69, 9.17) is 4.42 Å². The molecule has 0 bridgehead atoms. The van der Waals surface area contributed by atoms with E-state index in [2.05, 4.69) is 30.8 Å². The average molecular weight is 481 g/mol. The van der Waals surface area contributed by atoms with Crippen LogP contribution in [0.1, 0.15) is 24.3 Å². The Morgan fingerprint density at radius 3 is 2.63 bits per heavy atom. The molecule has 2 heterocycles. The van der Waals surface area contributed by atoms with Crippen molar-refractivity contribution in [2.24, 2.45) is 12.0 Å². The summed E-state index contributed by atoms with van der Waals surface area (Å²) in [5, 5.41) is 14.7. The lowest BCUT2D eigenvalue weighted by molar-refractivity contribution is 0.572. The van der Waals surface area contributed by atoms with Crippen molar-refractivity contribution < 1.29 is 4.42 Å². The lowest BCUT2D eigenvalue weighted by atomic mass is 10.2. The summed E-state index contributed by atoms with van der Waals surface area (Å²) in [6, 6.07) is 9.81. The fraction of sp³-hybridized carbons (Fsp3) is 0.333. The molecular formula is C18H24IN7O. The van der Waals surface area contributed by atoms with Gasteiger partial charge < -0.3 is 19.6 Å². The predicted molar refractivity (Wildman–Crippen MR) is 115 cm³/mol. The SMILES string of the molecule is CCNC(=NCc1coc(-c2ccccc2)n1)NCc1nnc(C)n1C.I. The summed E-state index contributed by atoms with van der Waals surface area (Å²) in [6.45, 7) is 5.66. The lowest BCUT2D eigenvalue weighted by Gasteiger charge is -2.10. The lowest BCUT2D eigenvalue weighted by Crippen LogP contribution is -2.37. The quantitative estimate of drug-likeness (QED) is 0.320. The van der Waals surface area contributed by atoms with E-state index >= 15 is 0 Å². The predicted octanol–water partition coefficient (Wildman–Crippen LogP) is 2.65. The number of aliphatic imine (C=N–C) groups is 1. The Kier molecular flexibility index (Phi) is 7.77. The molecule has 27 heavy (non-hydrogen) atoms. The van der Waals surface area contributed by atoms with E-state index in [-0.39, 0.29) is 24.0 Å². The van der Waals surface area contributed by atoms with Crippen LogP contribution in [0.5, 0.6) is 0 Å². The Morgan fingerprint density at radius 1 is 1.19 bits per heavy atom. The second-order valence-electron chi connectivity index (χ2n) is 5.78. The number of halogens is 1. The van der Waals surface area contributed by atoms with Crippen molar-refractivity contribution in [1.29, 1.82) is 0 Å². The van der Waals surface area contributed by atoms with Gasteiger partial charge in [-0.25, -0.2) is 9.98 Å². The van der Waals surface area contributed by atoms with Crippen molar-refractivity contribution in [2.75, 3.05) is 6.54 Å². The largest absolute Gasteiger partial charge is 0.444 e. The molecule has 0 radical (unpaired) electrons. The van der Waals surface area contributed by atoms with E-state index in [0.29, 0.717) is 24.9 Å². The number of aryl methyl sites for hydroxylation is 1. The molecule has 0 aliphatic rings. The molecular weight excluding hydrogens is 457 g/mol. The molecule has 2 aromatic heterocycles. The minimum Gasteiger partial charge on any atom is -0.444 e. The molecule has 0 aliphatic heterocycles. The molecule has 3 aromatic rings. The molecule has 1 aromatic carbocycles. The number of guanidine groups is 1. The van der Waals surface area contributed by atoms with Crippen LogP contribution in [-0.2, 0) is 20.1 Å². The Balaban J connectivity index is 0.00000261. The number of oxazole rings is 1.